The summed E-state index contributed by atoms with van der Waals surface area (Å²) in [5, 5.41) is 13.8. The molecule has 0 heterocycles. The molecule has 25 heavy (non-hydrogen) atoms. The maximum atomic E-state index is 13.3. The van der Waals surface area contributed by atoms with Crippen LogP contribution in [0.25, 0.3) is 0 Å². The molecule has 1 atom stereocenters. The number of hydrogen-bond acceptors (Lipinski definition) is 4. The topological polar surface area (TPSA) is 105 Å². The lowest BCUT2D eigenvalue weighted by atomic mass is 10.0. The molecular formula is C17H23FN2O5. The Labute approximate surface area is 145 Å². The van der Waals surface area contributed by atoms with Gasteiger partial charge in [-0.1, -0.05) is 13.8 Å². The number of amides is 2. The molecule has 1 aromatic carbocycles. The predicted octanol–water partition coefficient (Wildman–Crippen LogP) is 1.11. The lowest BCUT2D eigenvalue weighted by Gasteiger charge is -2.16. The van der Waals surface area contributed by atoms with E-state index in [1.807, 2.05) is 13.8 Å². The Balaban J connectivity index is 2.54. The molecule has 0 aliphatic rings. The van der Waals surface area contributed by atoms with E-state index >= 15 is 0 Å². The minimum absolute atomic E-state index is 0.0939. The maximum Gasteiger partial charge on any atom is 0.326 e. The molecule has 0 bridgehead atoms. The number of hydrogen-bond donors (Lipinski definition) is 3. The van der Waals surface area contributed by atoms with Gasteiger partial charge in [0.05, 0.1) is 20.1 Å². The van der Waals surface area contributed by atoms with Crippen molar-refractivity contribution in [2.75, 3.05) is 13.7 Å². The quantitative estimate of drug-likeness (QED) is 0.616. The first kappa shape index (κ1) is 20.4. The highest BCUT2D eigenvalue weighted by Gasteiger charge is 2.21. The van der Waals surface area contributed by atoms with Crippen molar-refractivity contribution in [2.24, 2.45) is 5.92 Å². The van der Waals surface area contributed by atoms with Crippen LogP contribution in [0, 0.1) is 11.7 Å². The van der Waals surface area contributed by atoms with Crippen LogP contribution in [-0.2, 0) is 20.8 Å². The summed E-state index contributed by atoms with van der Waals surface area (Å²) in [7, 11) is 1.41. The van der Waals surface area contributed by atoms with E-state index in [2.05, 4.69) is 10.6 Å². The monoisotopic (exact) mass is 354 g/mol. The number of carbonyl (C=O) groups is 3. The molecule has 0 aromatic heterocycles. The van der Waals surface area contributed by atoms with Crippen molar-refractivity contribution in [2.45, 2.75) is 32.7 Å². The van der Waals surface area contributed by atoms with Gasteiger partial charge >= 0.3 is 5.97 Å². The largest absolute Gasteiger partial charge is 0.496 e. The van der Waals surface area contributed by atoms with E-state index in [1.165, 1.54) is 25.3 Å². The zero-order chi connectivity index (χ0) is 19.0. The summed E-state index contributed by atoms with van der Waals surface area (Å²) >= 11 is 0. The molecule has 1 rings (SSSR count). The van der Waals surface area contributed by atoms with Crippen molar-refractivity contribution in [3.63, 3.8) is 0 Å². The molecule has 0 saturated heterocycles. The summed E-state index contributed by atoms with van der Waals surface area (Å²) < 4.78 is 18.3. The van der Waals surface area contributed by atoms with Crippen LogP contribution in [0.1, 0.15) is 25.8 Å². The normalized spacial score (nSPS) is 11.7. The number of aliphatic carboxylic acids is 1. The zero-order valence-electron chi connectivity index (χ0n) is 14.5. The number of nitrogens with one attached hydrogen (secondary N) is 2. The van der Waals surface area contributed by atoms with Gasteiger partial charge in [0.15, 0.2) is 0 Å². The van der Waals surface area contributed by atoms with E-state index in [9.17, 15) is 18.8 Å². The van der Waals surface area contributed by atoms with E-state index in [0.717, 1.165) is 0 Å². The fraction of sp³-hybridized carbons (Fsp3) is 0.471. The van der Waals surface area contributed by atoms with Crippen LogP contribution in [0.15, 0.2) is 18.2 Å². The van der Waals surface area contributed by atoms with E-state index < -0.39 is 29.6 Å². The fourth-order valence-corrected chi connectivity index (χ4v) is 2.24. The third-order valence-corrected chi connectivity index (χ3v) is 3.38. The molecule has 0 saturated carbocycles. The SMILES string of the molecule is COc1ccc(F)cc1CC(=O)NCC(=O)N[C@@H](CC(C)C)C(=O)O. The number of rotatable bonds is 9. The second-order valence-electron chi connectivity index (χ2n) is 6.00. The number of benzene rings is 1. The van der Waals surface area contributed by atoms with Crippen molar-refractivity contribution < 1.29 is 28.6 Å². The van der Waals surface area contributed by atoms with Gasteiger partial charge in [-0.3, -0.25) is 9.59 Å². The van der Waals surface area contributed by atoms with Gasteiger partial charge in [0.1, 0.15) is 17.6 Å². The summed E-state index contributed by atoms with van der Waals surface area (Å²) in [5.74, 6) is -2.28. The van der Waals surface area contributed by atoms with Crippen LogP contribution >= 0.6 is 0 Å². The summed E-state index contributed by atoms with van der Waals surface area (Å²) in [6.07, 6.45) is 0.123. The molecule has 0 aliphatic heterocycles. The fourth-order valence-electron chi connectivity index (χ4n) is 2.24. The first-order valence-electron chi connectivity index (χ1n) is 7.84. The number of carboxylic acids is 1. The molecule has 138 valence electrons. The Hall–Kier alpha value is -2.64. The van der Waals surface area contributed by atoms with Gasteiger partial charge in [0.2, 0.25) is 11.8 Å². The molecular weight excluding hydrogens is 331 g/mol. The summed E-state index contributed by atoms with van der Waals surface area (Å²) in [5.41, 5.74) is 0.351. The molecule has 8 heteroatoms. The maximum absolute atomic E-state index is 13.3. The smallest absolute Gasteiger partial charge is 0.326 e. The Kier molecular flexibility index (Phi) is 7.84. The molecule has 0 aliphatic carbocycles. The minimum atomic E-state index is -1.13. The molecule has 2 amide bonds. The summed E-state index contributed by atoms with van der Waals surface area (Å²) in [4.78, 5) is 34.8. The first-order valence-corrected chi connectivity index (χ1v) is 7.84. The number of carboxylic acid groups (broad SMARTS) is 1. The molecule has 3 N–H and O–H groups in total. The standard InChI is InChI=1S/C17H23FN2O5/c1-10(2)6-13(17(23)24)20-16(22)9-19-15(21)8-11-7-12(18)4-5-14(11)25-3/h4-5,7,10,13H,6,8-9H2,1-3H3,(H,19,21)(H,20,22)(H,23,24)/t13-/m0/s1. The van der Waals surface area contributed by atoms with Gasteiger partial charge in [-0.05, 0) is 30.5 Å². The van der Waals surface area contributed by atoms with Crippen LogP contribution in [-0.4, -0.2) is 42.6 Å². The van der Waals surface area contributed by atoms with Crippen molar-refractivity contribution in [1.29, 1.82) is 0 Å². The number of halogens is 1. The minimum Gasteiger partial charge on any atom is -0.496 e. The molecule has 7 nitrogen and oxygen atoms in total. The van der Waals surface area contributed by atoms with Gasteiger partial charge in [0, 0.05) is 5.56 Å². The third-order valence-electron chi connectivity index (χ3n) is 3.38. The summed E-state index contributed by atoms with van der Waals surface area (Å²) in [6, 6.07) is 2.80. The molecule has 0 unspecified atom stereocenters. The Morgan fingerprint density at radius 2 is 1.92 bits per heavy atom. The second-order valence-corrected chi connectivity index (χ2v) is 6.00. The third kappa shape index (κ3) is 7.19. The highest BCUT2D eigenvalue weighted by Crippen LogP contribution is 2.19. The summed E-state index contributed by atoms with van der Waals surface area (Å²) in [6.45, 7) is 3.32. The number of carbonyl (C=O) groups excluding carboxylic acids is 2. The molecule has 1 aromatic rings. The van der Waals surface area contributed by atoms with Crippen LogP contribution in [0.4, 0.5) is 4.39 Å². The van der Waals surface area contributed by atoms with Gasteiger partial charge in [-0.2, -0.15) is 0 Å². The highest BCUT2D eigenvalue weighted by molar-refractivity contribution is 5.88. The van der Waals surface area contributed by atoms with Crippen LogP contribution in [0.2, 0.25) is 0 Å². The first-order chi connectivity index (χ1) is 11.7. The van der Waals surface area contributed by atoms with Gasteiger partial charge in [-0.15, -0.1) is 0 Å². The van der Waals surface area contributed by atoms with E-state index in [4.69, 9.17) is 9.84 Å². The van der Waals surface area contributed by atoms with Gasteiger partial charge < -0.3 is 20.5 Å². The highest BCUT2D eigenvalue weighted by atomic mass is 19.1. The van der Waals surface area contributed by atoms with Crippen LogP contribution in [0.3, 0.4) is 0 Å². The Bertz CT molecular complexity index is 633. The zero-order valence-corrected chi connectivity index (χ0v) is 14.5. The van der Waals surface area contributed by atoms with Gasteiger partial charge in [0.25, 0.3) is 0 Å². The molecule has 0 spiro atoms. The average Bonchev–Trinajstić information content (AvgIpc) is 2.52. The van der Waals surface area contributed by atoms with E-state index in [-0.39, 0.29) is 25.3 Å². The average molecular weight is 354 g/mol. The van der Waals surface area contributed by atoms with Crippen molar-refractivity contribution in [3.05, 3.63) is 29.6 Å². The number of ether oxygens (including phenoxy) is 1. The van der Waals surface area contributed by atoms with Crippen LogP contribution in [0.5, 0.6) is 5.75 Å². The van der Waals surface area contributed by atoms with Crippen LogP contribution < -0.4 is 15.4 Å². The second kappa shape index (κ2) is 9.61. The lowest BCUT2D eigenvalue weighted by molar-refractivity contribution is -0.142. The van der Waals surface area contributed by atoms with Crippen molar-refractivity contribution in [1.82, 2.24) is 10.6 Å². The molecule has 0 fully saturated rings. The lowest BCUT2D eigenvalue weighted by Crippen LogP contribution is -2.46. The van der Waals surface area contributed by atoms with Crippen molar-refractivity contribution in [3.8, 4) is 5.75 Å². The Morgan fingerprint density at radius 3 is 2.48 bits per heavy atom. The van der Waals surface area contributed by atoms with E-state index in [0.29, 0.717) is 11.3 Å². The van der Waals surface area contributed by atoms with Crippen molar-refractivity contribution >= 4 is 17.8 Å². The predicted molar refractivity (Wildman–Crippen MR) is 88.7 cm³/mol. The number of methoxy groups -OCH3 is 1. The van der Waals surface area contributed by atoms with Gasteiger partial charge in [-0.25, -0.2) is 9.18 Å². The Morgan fingerprint density at radius 1 is 1.24 bits per heavy atom. The van der Waals surface area contributed by atoms with E-state index in [1.54, 1.807) is 0 Å². The molecule has 0 radical (unpaired) electrons.